The Balaban J connectivity index is 2.11. The van der Waals surface area contributed by atoms with Crippen molar-refractivity contribution in [3.8, 4) is 5.75 Å². The summed E-state index contributed by atoms with van der Waals surface area (Å²) in [6.45, 7) is 0. The fourth-order valence-electron chi connectivity index (χ4n) is 1.55. The summed E-state index contributed by atoms with van der Waals surface area (Å²) in [6.07, 6.45) is -3.19. The molecule has 0 spiro atoms. The Morgan fingerprint density at radius 2 is 1.83 bits per heavy atom. The highest BCUT2D eigenvalue weighted by Crippen LogP contribution is 2.21. The molecule has 1 aromatic heterocycles. The summed E-state index contributed by atoms with van der Waals surface area (Å²) in [7, 11) is 1.56. The summed E-state index contributed by atoms with van der Waals surface area (Å²) < 4.78 is 42.0. The van der Waals surface area contributed by atoms with Crippen LogP contribution in [0.4, 0.5) is 13.2 Å². The normalized spacial score (nSPS) is 11.6. The second-order valence-electron chi connectivity index (χ2n) is 3.74. The predicted molar refractivity (Wildman–Crippen MR) is 59.3 cm³/mol. The number of halogens is 3. The van der Waals surface area contributed by atoms with Crippen LogP contribution in [-0.4, -0.2) is 16.9 Å². The van der Waals surface area contributed by atoms with Gasteiger partial charge in [-0.2, -0.15) is 9.78 Å². The van der Waals surface area contributed by atoms with E-state index in [-0.39, 0.29) is 4.68 Å². The molecule has 96 valence electrons. The van der Waals surface area contributed by atoms with Gasteiger partial charge in [-0.15, -0.1) is 13.2 Å². The monoisotopic (exact) mass is 256 g/mol. The standard InChI is InChI=1S/C12H11F3N2O/c1-18-11-4-2-9(3-5-11)8-10-6-7-17(16-10)12(13,14)15/h2-7H,8H2,1H3. The fourth-order valence-corrected chi connectivity index (χ4v) is 1.55. The molecule has 0 atom stereocenters. The van der Waals surface area contributed by atoms with Crippen LogP contribution >= 0.6 is 0 Å². The van der Waals surface area contributed by atoms with E-state index in [0.717, 1.165) is 11.8 Å². The van der Waals surface area contributed by atoms with Crippen molar-refractivity contribution in [2.45, 2.75) is 12.7 Å². The van der Waals surface area contributed by atoms with Gasteiger partial charge in [-0.05, 0) is 23.8 Å². The van der Waals surface area contributed by atoms with Crippen molar-refractivity contribution >= 4 is 0 Å². The largest absolute Gasteiger partial charge is 0.504 e. The highest BCUT2D eigenvalue weighted by atomic mass is 19.4. The third-order valence-corrected chi connectivity index (χ3v) is 2.45. The SMILES string of the molecule is COc1ccc(Cc2ccn(C(F)(F)F)n2)cc1. The Morgan fingerprint density at radius 3 is 2.33 bits per heavy atom. The van der Waals surface area contributed by atoms with Crippen molar-refractivity contribution in [1.82, 2.24) is 9.78 Å². The lowest BCUT2D eigenvalue weighted by Gasteiger charge is -2.05. The molecule has 6 heteroatoms. The quantitative estimate of drug-likeness (QED) is 0.844. The molecular weight excluding hydrogens is 245 g/mol. The smallest absolute Gasteiger partial charge is 0.497 e. The molecule has 2 rings (SSSR count). The number of methoxy groups -OCH3 is 1. The van der Waals surface area contributed by atoms with E-state index in [2.05, 4.69) is 5.10 Å². The molecule has 2 aromatic rings. The van der Waals surface area contributed by atoms with Gasteiger partial charge in [-0.25, -0.2) is 0 Å². The molecule has 0 bridgehead atoms. The number of aromatic nitrogens is 2. The summed E-state index contributed by atoms with van der Waals surface area (Å²) >= 11 is 0. The van der Waals surface area contributed by atoms with Gasteiger partial charge in [0, 0.05) is 12.6 Å². The van der Waals surface area contributed by atoms with Crippen molar-refractivity contribution in [1.29, 1.82) is 0 Å². The van der Waals surface area contributed by atoms with Gasteiger partial charge in [0.05, 0.1) is 12.8 Å². The maximum Gasteiger partial charge on any atom is 0.504 e. The molecule has 0 saturated heterocycles. The Bertz CT molecular complexity index is 517. The van der Waals surface area contributed by atoms with Crippen LogP contribution < -0.4 is 4.74 Å². The van der Waals surface area contributed by atoms with Crippen LogP contribution in [0.1, 0.15) is 11.3 Å². The van der Waals surface area contributed by atoms with Crippen molar-refractivity contribution < 1.29 is 17.9 Å². The molecule has 0 amide bonds. The number of hydrogen-bond donors (Lipinski definition) is 0. The van der Waals surface area contributed by atoms with Crippen LogP contribution in [0.3, 0.4) is 0 Å². The first kappa shape index (κ1) is 12.5. The van der Waals surface area contributed by atoms with Crippen molar-refractivity contribution in [3.63, 3.8) is 0 Å². The molecule has 0 N–H and O–H groups in total. The molecular formula is C12H11F3N2O. The minimum Gasteiger partial charge on any atom is -0.497 e. The fraction of sp³-hybridized carbons (Fsp3) is 0.250. The number of alkyl halides is 3. The average Bonchev–Trinajstić information content (AvgIpc) is 2.78. The molecule has 0 saturated carbocycles. The summed E-state index contributed by atoms with van der Waals surface area (Å²) in [5, 5.41) is 3.48. The zero-order chi connectivity index (χ0) is 13.2. The molecule has 1 heterocycles. The van der Waals surface area contributed by atoms with Gasteiger partial charge in [0.25, 0.3) is 0 Å². The lowest BCUT2D eigenvalue weighted by Crippen LogP contribution is -2.17. The summed E-state index contributed by atoms with van der Waals surface area (Å²) in [5.74, 6) is 0.708. The van der Waals surface area contributed by atoms with Gasteiger partial charge in [-0.3, -0.25) is 0 Å². The van der Waals surface area contributed by atoms with Gasteiger partial charge in [0.1, 0.15) is 5.75 Å². The van der Waals surface area contributed by atoms with Gasteiger partial charge >= 0.3 is 6.30 Å². The van der Waals surface area contributed by atoms with E-state index in [1.807, 2.05) is 0 Å². The minimum atomic E-state index is -4.46. The lowest BCUT2D eigenvalue weighted by atomic mass is 10.1. The zero-order valence-corrected chi connectivity index (χ0v) is 9.61. The van der Waals surface area contributed by atoms with Crippen LogP contribution in [0.5, 0.6) is 5.75 Å². The van der Waals surface area contributed by atoms with E-state index in [1.54, 1.807) is 31.4 Å². The summed E-state index contributed by atoms with van der Waals surface area (Å²) in [4.78, 5) is 0. The first-order valence-electron chi connectivity index (χ1n) is 5.24. The van der Waals surface area contributed by atoms with E-state index in [4.69, 9.17) is 4.74 Å². The van der Waals surface area contributed by atoms with Crippen LogP contribution in [-0.2, 0) is 12.7 Å². The van der Waals surface area contributed by atoms with Gasteiger partial charge < -0.3 is 4.74 Å². The van der Waals surface area contributed by atoms with E-state index >= 15 is 0 Å². The molecule has 0 aliphatic heterocycles. The average molecular weight is 256 g/mol. The minimum absolute atomic E-state index is 0.00581. The van der Waals surface area contributed by atoms with E-state index in [9.17, 15) is 13.2 Å². The van der Waals surface area contributed by atoms with Crippen molar-refractivity contribution in [2.24, 2.45) is 0 Å². The highest BCUT2D eigenvalue weighted by Gasteiger charge is 2.31. The Morgan fingerprint density at radius 1 is 1.17 bits per heavy atom. The molecule has 18 heavy (non-hydrogen) atoms. The maximum absolute atomic E-state index is 12.3. The first-order valence-corrected chi connectivity index (χ1v) is 5.24. The molecule has 0 fully saturated rings. The van der Waals surface area contributed by atoms with Gasteiger partial charge in [0.15, 0.2) is 0 Å². The lowest BCUT2D eigenvalue weighted by molar-refractivity contribution is -0.212. The molecule has 0 unspecified atom stereocenters. The van der Waals surface area contributed by atoms with Crippen molar-refractivity contribution in [3.05, 3.63) is 47.8 Å². The number of nitrogens with zero attached hydrogens (tertiary/aromatic N) is 2. The third-order valence-electron chi connectivity index (χ3n) is 2.45. The maximum atomic E-state index is 12.3. The van der Waals surface area contributed by atoms with Crippen LogP contribution in [0.2, 0.25) is 0 Å². The van der Waals surface area contributed by atoms with Gasteiger partial charge in [0.2, 0.25) is 0 Å². The van der Waals surface area contributed by atoms with E-state index in [1.165, 1.54) is 6.07 Å². The van der Waals surface area contributed by atoms with Crippen LogP contribution in [0.15, 0.2) is 36.5 Å². The van der Waals surface area contributed by atoms with Crippen LogP contribution in [0, 0.1) is 0 Å². The van der Waals surface area contributed by atoms with E-state index < -0.39 is 6.30 Å². The molecule has 0 aliphatic carbocycles. The van der Waals surface area contributed by atoms with Gasteiger partial charge in [-0.1, -0.05) is 12.1 Å². The zero-order valence-electron chi connectivity index (χ0n) is 9.61. The third kappa shape index (κ3) is 2.82. The molecule has 0 radical (unpaired) electrons. The predicted octanol–water partition coefficient (Wildman–Crippen LogP) is 2.96. The Labute approximate surface area is 102 Å². The summed E-state index contributed by atoms with van der Waals surface area (Å²) in [6, 6.07) is 8.47. The number of rotatable bonds is 3. The second kappa shape index (κ2) is 4.72. The summed E-state index contributed by atoms with van der Waals surface area (Å²) in [5.41, 5.74) is 1.25. The number of benzene rings is 1. The van der Waals surface area contributed by atoms with Crippen molar-refractivity contribution in [2.75, 3.05) is 7.11 Å². The Hall–Kier alpha value is -1.98. The number of hydrogen-bond acceptors (Lipinski definition) is 2. The molecule has 3 nitrogen and oxygen atoms in total. The second-order valence-corrected chi connectivity index (χ2v) is 3.74. The molecule has 1 aromatic carbocycles. The first-order chi connectivity index (χ1) is 8.49. The van der Waals surface area contributed by atoms with Crippen LogP contribution in [0.25, 0.3) is 0 Å². The highest BCUT2D eigenvalue weighted by molar-refractivity contribution is 5.29. The number of ether oxygens (including phenoxy) is 1. The molecule has 0 aliphatic rings. The van der Waals surface area contributed by atoms with E-state index in [0.29, 0.717) is 17.9 Å². The topological polar surface area (TPSA) is 27.1 Å². The Kier molecular flexibility index (Phi) is 3.27.